The molecule has 0 unspecified atom stereocenters. The van der Waals surface area contributed by atoms with Crippen LogP contribution in [-0.2, 0) is 9.53 Å². The maximum Gasteiger partial charge on any atom is 0.330 e. The van der Waals surface area contributed by atoms with E-state index in [4.69, 9.17) is 4.74 Å². The number of hydrogen-bond donors (Lipinski definition) is 0. The Morgan fingerprint density at radius 2 is 2.12 bits per heavy atom. The van der Waals surface area contributed by atoms with Crippen LogP contribution in [-0.4, -0.2) is 20.2 Å². The van der Waals surface area contributed by atoms with E-state index >= 15 is 0 Å². The van der Waals surface area contributed by atoms with E-state index in [0.29, 0.717) is 10.2 Å². The first-order chi connectivity index (χ1) is 7.60. The molecule has 0 aliphatic heterocycles. The van der Waals surface area contributed by atoms with E-state index in [1.54, 1.807) is 6.07 Å². The Labute approximate surface area is 101 Å². The molecular weight excluding hydrogens is 279 g/mol. The summed E-state index contributed by atoms with van der Waals surface area (Å²) >= 11 is 3.05. The number of benzene rings is 1. The van der Waals surface area contributed by atoms with Crippen molar-refractivity contribution in [3.63, 3.8) is 0 Å². The van der Waals surface area contributed by atoms with Gasteiger partial charge in [-0.3, -0.25) is 0 Å². The van der Waals surface area contributed by atoms with Crippen LogP contribution in [0.15, 0.2) is 22.7 Å². The van der Waals surface area contributed by atoms with Crippen LogP contribution >= 0.6 is 15.9 Å². The van der Waals surface area contributed by atoms with Gasteiger partial charge in [-0.1, -0.05) is 0 Å². The molecule has 0 aliphatic carbocycles. The van der Waals surface area contributed by atoms with Crippen molar-refractivity contribution in [1.29, 1.82) is 0 Å². The summed E-state index contributed by atoms with van der Waals surface area (Å²) in [4.78, 5) is 10.9. The maximum absolute atomic E-state index is 13.7. The summed E-state index contributed by atoms with van der Waals surface area (Å²) in [5.41, 5.74) is 0.197. The number of ether oxygens (including phenoxy) is 2. The van der Waals surface area contributed by atoms with Crippen LogP contribution in [0, 0.1) is 5.82 Å². The third-order valence-corrected chi connectivity index (χ3v) is 2.51. The fourth-order valence-corrected chi connectivity index (χ4v) is 1.45. The van der Waals surface area contributed by atoms with E-state index < -0.39 is 11.8 Å². The second-order valence-corrected chi connectivity index (χ2v) is 3.69. The van der Waals surface area contributed by atoms with Gasteiger partial charge in [-0.25, -0.2) is 9.18 Å². The first-order valence-corrected chi connectivity index (χ1v) is 5.17. The summed E-state index contributed by atoms with van der Waals surface area (Å²) < 4.78 is 23.4. The van der Waals surface area contributed by atoms with Crippen LogP contribution in [0.4, 0.5) is 4.39 Å². The minimum absolute atomic E-state index is 0.197. The van der Waals surface area contributed by atoms with Crippen molar-refractivity contribution in [3.8, 4) is 5.75 Å². The fourth-order valence-electron chi connectivity index (χ4n) is 1.10. The monoisotopic (exact) mass is 288 g/mol. The predicted molar refractivity (Wildman–Crippen MR) is 61.7 cm³/mol. The van der Waals surface area contributed by atoms with Crippen molar-refractivity contribution in [3.05, 3.63) is 34.1 Å². The summed E-state index contributed by atoms with van der Waals surface area (Å²) in [6.07, 6.45) is 2.44. The van der Waals surface area contributed by atoms with Crippen molar-refractivity contribution in [2.75, 3.05) is 14.2 Å². The third-order valence-electron chi connectivity index (χ3n) is 1.90. The molecule has 0 aliphatic rings. The molecule has 0 bridgehead atoms. The number of halogens is 2. The van der Waals surface area contributed by atoms with E-state index in [2.05, 4.69) is 20.7 Å². The maximum atomic E-state index is 13.7. The number of carbonyl (C=O) groups is 1. The summed E-state index contributed by atoms with van der Waals surface area (Å²) in [6, 6.07) is 3.13. The van der Waals surface area contributed by atoms with Gasteiger partial charge in [0.25, 0.3) is 0 Å². The molecule has 0 heterocycles. The van der Waals surface area contributed by atoms with E-state index in [0.717, 1.165) is 6.08 Å². The van der Waals surface area contributed by atoms with Gasteiger partial charge in [-0.15, -0.1) is 0 Å². The molecule has 0 amide bonds. The van der Waals surface area contributed by atoms with Gasteiger partial charge < -0.3 is 9.47 Å². The number of esters is 1. The number of rotatable bonds is 3. The largest absolute Gasteiger partial charge is 0.496 e. The van der Waals surface area contributed by atoms with Gasteiger partial charge in [0.05, 0.1) is 24.3 Å². The topological polar surface area (TPSA) is 35.5 Å². The van der Waals surface area contributed by atoms with Gasteiger partial charge in [0, 0.05) is 6.08 Å². The summed E-state index contributed by atoms with van der Waals surface area (Å²) in [5, 5.41) is 0. The third kappa shape index (κ3) is 2.82. The normalized spacial score (nSPS) is 10.5. The molecule has 0 aromatic heterocycles. The van der Waals surface area contributed by atoms with Crippen molar-refractivity contribution in [1.82, 2.24) is 0 Å². The molecule has 0 atom stereocenters. The van der Waals surface area contributed by atoms with E-state index in [-0.39, 0.29) is 5.56 Å². The molecule has 0 spiro atoms. The molecule has 3 nitrogen and oxygen atoms in total. The lowest BCUT2D eigenvalue weighted by Gasteiger charge is -2.06. The highest BCUT2D eigenvalue weighted by Gasteiger charge is 2.10. The van der Waals surface area contributed by atoms with Crippen LogP contribution in [0.3, 0.4) is 0 Å². The van der Waals surface area contributed by atoms with Crippen LogP contribution in [0.1, 0.15) is 5.56 Å². The van der Waals surface area contributed by atoms with Crippen molar-refractivity contribution in [2.24, 2.45) is 0 Å². The molecule has 0 fully saturated rings. The Hall–Kier alpha value is -1.36. The van der Waals surface area contributed by atoms with Crippen molar-refractivity contribution >= 4 is 28.0 Å². The Morgan fingerprint density at radius 1 is 1.44 bits per heavy atom. The van der Waals surface area contributed by atoms with Gasteiger partial charge in [0.1, 0.15) is 11.6 Å². The zero-order chi connectivity index (χ0) is 12.1. The molecule has 86 valence electrons. The van der Waals surface area contributed by atoms with Gasteiger partial charge >= 0.3 is 5.97 Å². The van der Waals surface area contributed by atoms with Gasteiger partial charge in [-0.05, 0) is 34.1 Å². The van der Waals surface area contributed by atoms with Gasteiger partial charge in [0.2, 0.25) is 0 Å². The molecule has 0 radical (unpaired) electrons. The van der Waals surface area contributed by atoms with Crippen LogP contribution in [0.5, 0.6) is 5.75 Å². The second-order valence-electron chi connectivity index (χ2n) is 2.83. The lowest BCUT2D eigenvalue weighted by atomic mass is 10.1. The molecule has 16 heavy (non-hydrogen) atoms. The molecule has 0 N–H and O–H groups in total. The predicted octanol–water partition coefficient (Wildman–Crippen LogP) is 2.78. The lowest BCUT2D eigenvalue weighted by Crippen LogP contribution is -1.96. The van der Waals surface area contributed by atoms with Gasteiger partial charge in [0.15, 0.2) is 0 Å². The Bertz CT molecular complexity index is 429. The highest BCUT2D eigenvalue weighted by Crippen LogP contribution is 2.28. The van der Waals surface area contributed by atoms with Gasteiger partial charge in [-0.2, -0.15) is 0 Å². The first-order valence-electron chi connectivity index (χ1n) is 4.38. The molecule has 1 rings (SSSR count). The minimum Gasteiger partial charge on any atom is -0.496 e. The van der Waals surface area contributed by atoms with Crippen LogP contribution in [0.2, 0.25) is 0 Å². The zero-order valence-corrected chi connectivity index (χ0v) is 10.4. The van der Waals surface area contributed by atoms with E-state index in [9.17, 15) is 9.18 Å². The quantitative estimate of drug-likeness (QED) is 0.634. The van der Waals surface area contributed by atoms with E-state index in [1.807, 2.05) is 0 Å². The highest BCUT2D eigenvalue weighted by atomic mass is 79.9. The average Bonchev–Trinajstić information content (AvgIpc) is 2.30. The summed E-state index contributed by atoms with van der Waals surface area (Å²) in [5.74, 6) is -0.693. The molecule has 0 saturated carbocycles. The van der Waals surface area contributed by atoms with Crippen LogP contribution in [0.25, 0.3) is 6.08 Å². The molecule has 5 heteroatoms. The summed E-state index contributed by atoms with van der Waals surface area (Å²) in [7, 11) is 2.68. The Morgan fingerprint density at radius 3 is 2.69 bits per heavy atom. The smallest absolute Gasteiger partial charge is 0.330 e. The standard InChI is InChI=1S/C11H10BrFO3/c1-15-9-5-4-8(12)11(13)7(9)3-6-10(14)16-2/h3-6H,1-2H3/b6-3+. The molecule has 1 aromatic rings. The SMILES string of the molecule is COC(=O)/C=C/c1c(OC)ccc(Br)c1F. The number of hydrogen-bond acceptors (Lipinski definition) is 3. The number of carbonyl (C=O) groups excluding carboxylic acids is 1. The Balaban J connectivity index is 3.15. The molecular formula is C11H10BrFO3. The summed E-state index contributed by atoms with van der Waals surface area (Å²) in [6.45, 7) is 0. The molecule has 0 saturated heterocycles. The van der Waals surface area contributed by atoms with Crippen LogP contribution < -0.4 is 4.74 Å². The van der Waals surface area contributed by atoms with Crippen molar-refractivity contribution < 1.29 is 18.7 Å². The zero-order valence-electron chi connectivity index (χ0n) is 8.79. The second kappa shape index (κ2) is 5.65. The number of methoxy groups -OCH3 is 2. The molecule has 1 aromatic carbocycles. The highest BCUT2D eigenvalue weighted by molar-refractivity contribution is 9.10. The minimum atomic E-state index is -0.554. The lowest BCUT2D eigenvalue weighted by molar-refractivity contribution is -0.134. The average molecular weight is 289 g/mol. The Kier molecular flexibility index (Phi) is 4.49. The van der Waals surface area contributed by atoms with Crippen molar-refractivity contribution in [2.45, 2.75) is 0 Å². The van der Waals surface area contributed by atoms with E-state index in [1.165, 1.54) is 26.4 Å². The first kappa shape index (κ1) is 12.7. The fraction of sp³-hybridized carbons (Fsp3) is 0.182.